The summed E-state index contributed by atoms with van der Waals surface area (Å²) in [4.78, 5) is 2.84. The molecule has 1 rings (SSSR count). The lowest BCUT2D eigenvalue weighted by Crippen LogP contribution is -2.32. The van der Waals surface area contributed by atoms with E-state index in [2.05, 4.69) is 36.1 Å². The number of thiocarbonyl (C=S) groups is 1. The van der Waals surface area contributed by atoms with Crippen molar-refractivity contribution in [3.63, 3.8) is 0 Å². The predicted molar refractivity (Wildman–Crippen MR) is 68.8 cm³/mol. The van der Waals surface area contributed by atoms with Gasteiger partial charge in [0, 0.05) is 13.1 Å². The first-order chi connectivity index (χ1) is 7.22. The van der Waals surface area contributed by atoms with Gasteiger partial charge in [0.05, 0.1) is 4.99 Å². The van der Waals surface area contributed by atoms with Crippen LogP contribution in [0.1, 0.15) is 18.9 Å². The average molecular weight is 222 g/mol. The van der Waals surface area contributed by atoms with Crippen molar-refractivity contribution in [2.24, 2.45) is 5.73 Å². The average Bonchev–Trinajstić information content (AvgIpc) is 2.18. The molecule has 0 aliphatic heterocycles. The van der Waals surface area contributed by atoms with E-state index in [0.29, 0.717) is 11.5 Å². The summed E-state index contributed by atoms with van der Waals surface area (Å²) in [6, 6.07) is 10.4. The van der Waals surface area contributed by atoms with Gasteiger partial charge in [-0.1, -0.05) is 49.5 Å². The van der Waals surface area contributed by atoms with Gasteiger partial charge in [-0.2, -0.15) is 0 Å². The van der Waals surface area contributed by atoms with Gasteiger partial charge in [-0.25, -0.2) is 0 Å². The summed E-state index contributed by atoms with van der Waals surface area (Å²) in [7, 11) is 0. The number of benzene rings is 1. The minimum atomic E-state index is 0.569. The van der Waals surface area contributed by atoms with E-state index in [1.165, 1.54) is 5.56 Å². The van der Waals surface area contributed by atoms with Crippen LogP contribution in [0.3, 0.4) is 0 Å². The molecular weight excluding hydrogens is 204 g/mol. The molecule has 0 unspecified atom stereocenters. The quantitative estimate of drug-likeness (QED) is 0.748. The van der Waals surface area contributed by atoms with E-state index in [-0.39, 0.29) is 0 Å². The van der Waals surface area contributed by atoms with Crippen LogP contribution in [0.15, 0.2) is 30.3 Å². The van der Waals surface area contributed by atoms with E-state index in [9.17, 15) is 0 Å². The van der Waals surface area contributed by atoms with E-state index < -0.39 is 0 Å². The van der Waals surface area contributed by atoms with Crippen LogP contribution >= 0.6 is 12.2 Å². The van der Waals surface area contributed by atoms with Gasteiger partial charge >= 0.3 is 0 Å². The van der Waals surface area contributed by atoms with Gasteiger partial charge in [0.1, 0.15) is 0 Å². The molecule has 0 fully saturated rings. The molecule has 2 N–H and O–H groups in total. The van der Waals surface area contributed by atoms with Gasteiger partial charge in [0.2, 0.25) is 0 Å². The molecule has 1 aromatic rings. The fourth-order valence-corrected chi connectivity index (χ4v) is 1.77. The molecule has 15 heavy (non-hydrogen) atoms. The van der Waals surface area contributed by atoms with Gasteiger partial charge in [0.15, 0.2) is 0 Å². The third-order valence-electron chi connectivity index (χ3n) is 2.17. The highest BCUT2D eigenvalue weighted by molar-refractivity contribution is 7.80. The van der Waals surface area contributed by atoms with Crippen LogP contribution < -0.4 is 5.73 Å². The van der Waals surface area contributed by atoms with Gasteiger partial charge in [-0.3, -0.25) is 4.90 Å². The Kier molecular flexibility index (Phi) is 5.29. The highest BCUT2D eigenvalue weighted by atomic mass is 32.1. The van der Waals surface area contributed by atoms with E-state index in [4.69, 9.17) is 18.0 Å². The molecule has 0 spiro atoms. The van der Waals surface area contributed by atoms with Gasteiger partial charge < -0.3 is 5.73 Å². The van der Waals surface area contributed by atoms with Crippen LogP contribution in [-0.2, 0) is 6.54 Å². The van der Waals surface area contributed by atoms with Crippen molar-refractivity contribution < 1.29 is 0 Å². The summed E-state index contributed by atoms with van der Waals surface area (Å²) in [5, 5.41) is 0. The second-order valence-corrected chi connectivity index (χ2v) is 4.19. The smallest absolute Gasteiger partial charge is 0.0870 e. The molecule has 0 radical (unpaired) electrons. The molecule has 2 nitrogen and oxygen atoms in total. The highest BCUT2D eigenvalue weighted by Crippen LogP contribution is 2.04. The minimum Gasteiger partial charge on any atom is -0.392 e. The summed E-state index contributed by atoms with van der Waals surface area (Å²) in [5.74, 6) is 0. The number of hydrogen-bond donors (Lipinski definition) is 1. The van der Waals surface area contributed by atoms with E-state index in [1.807, 2.05) is 6.07 Å². The molecule has 0 bridgehead atoms. The molecule has 0 amide bonds. The molecule has 0 saturated carbocycles. The minimum absolute atomic E-state index is 0.569. The SMILES string of the molecule is CCCN(CC(N)=S)Cc1ccccc1. The van der Waals surface area contributed by atoms with Gasteiger partial charge in [-0.05, 0) is 18.5 Å². The van der Waals surface area contributed by atoms with Crippen molar-refractivity contribution in [1.29, 1.82) is 0 Å². The zero-order chi connectivity index (χ0) is 11.1. The number of nitrogens with two attached hydrogens (primary N) is 1. The topological polar surface area (TPSA) is 29.3 Å². The summed E-state index contributed by atoms with van der Waals surface area (Å²) >= 11 is 4.94. The van der Waals surface area contributed by atoms with Gasteiger partial charge in [-0.15, -0.1) is 0 Å². The molecule has 1 aromatic carbocycles. The van der Waals surface area contributed by atoms with Crippen molar-refractivity contribution in [2.45, 2.75) is 19.9 Å². The summed E-state index contributed by atoms with van der Waals surface area (Å²) < 4.78 is 0. The zero-order valence-electron chi connectivity index (χ0n) is 9.15. The first kappa shape index (κ1) is 12.1. The monoisotopic (exact) mass is 222 g/mol. The Labute approximate surface area is 97.1 Å². The largest absolute Gasteiger partial charge is 0.392 e. The van der Waals surface area contributed by atoms with Crippen molar-refractivity contribution in [1.82, 2.24) is 4.90 Å². The lowest BCUT2D eigenvalue weighted by atomic mass is 10.2. The molecule has 0 atom stereocenters. The maximum atomic E-state index is 5.57. The third-order valence-corrected chi connectivity index (χ3v) is 2.30. The summed E-state index contributed by atoms with van der Waals surface area (Å²) in [6.07, 6.45) is 1.12. The Morgan fingerprint density at radius 3 is 2.53 bits per heavy atom. The lowest BCUT2D eigenvalue weighted by molar-refractivity contribution is 0.304. The zero-order valence-corrected chi connectivity index (χ0v) is 9.96. The standard InChI is InChI=1S/C12H18N2S/c1-2-8-14(10-12(13)15)9-11-6-4-3-5-7-11/h3-7H,2,8-10H2,1H3,(H2,13,15). The number of hydrogen-bond acceptors (Lipinski definition) is 2. The molecule has 0 saturated heterocycles. The van der Waals surface area contributed by atoms with Crippen molar-refractivity contribution in [3.05, 3.63) is 35.9 Å². The van der Waals surface area contributed by atoms with Crippen LogP contribution in [0.5, 0.6) is 0 Å². The Bertz CT molecular complexity index is 298. The highest BCUT2D eigenvalue weighted by Gasteiger charge is 2.05. The maximum Gasteiger partial charge on any atom is 0.0870 e. The molecular formula is C12H18N2S. The van der Waals surface area contributed by atoms with Crippen LogP contribution in [0, 0.1) is 0 Å². The summed E-state index contributed by atoms with van der Waals surface area (Å²) in [6.45, 7) is 4.83. The molecule has 0 aliphatic carbocycles. The predicted octanol–water partition coefficient (Wildman–Crippen LogP) is 2.18. The number of nitrogens with zero attached hydrogens (tertiary/aromatic N) is 1. The van der Waals surface area contributed by atoms with Crippen LogP contribution in [0.2, 0.25) is 0 Å². The first-order valence-electron chi connectivity index (χ1n) is 5.27. The molecule has 0 aliphatic rings. The van der Waals surface area contributed by atoms with Crippen molar-refractivity contribution in [3.8, 4) is 0 Å². The fraction of sp³-hybridized carbons (Fsp3) is 0.417. The number of rotatable bonds is 6. The van der Waals surface area contributed by atoms with Gasteiger partial charge in [0.25, 0.3) is 0 Å². The van der Waals surface area contributed by atoms with Crippen LogP contribution in [-0.4, -0.2) is 23.0 Å². The van der Waals surface area contributed by atoms with Crippen molar-refractivity contribution >= 4 is 17.2 Å². The Morgan fingerprint density at radius 2 is 2.00 bits per heavy atom. The lowest BCUT2D eigenvalue weighted by Gasteiger charge is -2.20. The summed E-state index contributed by atoms with van der Waals surface area (Å²) in [5.41, 5.74) is 6.87. The molecule has 0 aromatic heterocycles. The normalized spacial score (nSPS) is 10.5. The van der Waals surface area contributed by atoms with Crippen LogP contribution in [0.4, 0.5) is 0 Å². The third kappa shape index (κ3) is 4.91. The maximum absolute atomic E-state index is 5.57. The van der Waals surface area contributed by atoms with Crippen LogP contribution in [0.25, 0.3) is 0 Å². The van der Waals surface area contributed by atoms with E-state index in [1.54, 1.807) is 0 Å². The van der Waals surface area contributed by atoms with E-state index >= 15 is 0 Å². The second kappa shape index (κ2) is 6.53. The Balaban J connectivity index is 2.54. The van der Waals surface area contributed by atoms with E-state index in [0.717, 1.165) is 19.5 Å². The fourth-order valence-electron chi connectivity index (χ4n) is 1.59. The van der Waals surface area contributed by atoms with Crippen molar-refractivity contribution in [2.75, 3.05) is 13.1 Å². The first-order valence-corrected chi connectivity index (χ1v) is 5.67. The molecule has 0 heterocycles. The second-order valence-electron chi connectivity index (χ2n) is 3.66. The Morgan fingerprint density at radius 1 is 1.33 bits per heavy atom. The molecule has 3 heteroatoms. The molecule has 82 valence electrons. The Hall–Kier alpha value is -0.930.